The van der Waals surface area contributed by atoms with Crippen LogP contribution in [0, 0.1) is 6.92 Å². The number of methoxy groups -OCH3 is 2. The molecule has 0 aliphatic carbocycles. The highest BCUT2D eigenvalue weighted by Gasteiger charge is 2.14. The van der Waals surface area contributed by atoms with Crippen LogP contribution in [0.5, 0.6) is 5.75 Å². The van der Waals surface area contributed by atoms with Gasteiger partial charge in [-0.25, -0.2) is 4.98 Å². The zero-order valence-electron chi connectivity index (χ0n) is 13.5. The molecule has 6 heteroatoms. The third-order valence-corrected chi connectivity index (χ3v) is 3.61. The minimum Gasteiger partial charge on any atom is -0.496 e. The van der Waals surface area contributed by atoms with Gasteiger partial charge in [0.1, 0.15) is 11.6 Å². The molecular weight excluding hydrogens is 292 g/mol. The minimum atomic E-state index is 0.628. The van der Waals surface area contributed by atoms with Crippen molar-refractivity contribution in [1.29, 1.82) is 0 Å². The smallest absolute Gasteiger partial charge is 0.165 e. The van der Waals surface area contributed by atoms with E-state index in [1.165, 1.54) is 0 Å². The molecule has 0 unspecified atom stereocenters. The number of anilines is 1. The maximum atomic E-state index is 5.46. The first-order valence-corrected chi connectivity index (χ1v) is 7.46. The van der Waals surface area contributed by atoms with Crippen LogP contribution in [0.4, 0.5) is 5.82 Å². The highest BCUT2D eigenvalue weighted by Crippen LogP contribution is 2.32. The first-order valence-electron chi connectivity index (χ1n) is 7.46. The molecule has 0 spiro atoms. The Hall–Kier alpha value is -2.60. The largest absolute Gasteiger partial charge is 0.496 e. The van der Waals surface area contributed by atoms with Gasteiger partial charge >= 0.3 is 0 Å². The van der Waals surface area contributed by atoms with E-state index >= 15 is 0 Å². The van der Waals surface area contributed by atoms with Gasteiger partial charge in [0.05, 0.1) is 25.5 Å². The van der Waals surface area contributed by atoms with Crippen molar-refractivity contribution in [2.45, 2.75) is 6.92 Å². The summed E-state index contributed by atoms with van der Waals surface area (Å²) >= 11 is 0. The summed E-state index contributed by atoms with van der Waals surface area (Å²) in [5.74, 6) is 1.70. The summed E-state index contributed by atoms with van der Waals surface area (Å²) in [5, 5.41) is 7.81. The van der Waals surface area contributed by atoms with Crippen LogP contribution in [0.3, 0.4) is 0 Å². The Labute approximate surface area is 135 Å². The Balaban J connectivity index is 2.10. The molecular formula is C17H20N4O2. The first kappa shape index (κ1) is 15.3. The van der Waals surface area contributed by atoms with Gasteiger partial charge in [-0.15, -0.1) is 0 Å². The van der Waals surface area contributed by atoms with E-state index < -0.39 is 0 Å². The van der Waals surface area contributed by atoms with E-state index in [0.29, 0.717) is 13.2 Å². The summed E-state index contributed by atoms with van der Waals surface area (Å²) in [6.07, 6.45) is 1.82. The van der Waals surface area contributed by atoms with Crippen molar-refractivity contribution in [2.24, 2.45) is 0 Å². The van der Waals surface area contributed by atoms with Crippen LogP contribution in [0.2, 0.25) is 0 Å². The molecule has 0 saturated carbocycles. The van der Waals surface area contributed by atoms with Crippen LogP contribution in [-0.2, 0) is 4.74 Å². The fourth-order valence-corrected chi connectivity index (χ4v) is 2.55. The van der Waals surface area contributed by atoms with Gasteiger partial charge in [0.15, 0.2) is 5.65 Å². The van der Waals surface area contributed by atoms with Crippen molar-refractivity contribution in [3.05, 3.63) is 42.2 Å². The molecule has 0 bridgehead atoms. The summed E-state index contributed by atoms with van der Waals surface area (Å²) < 4.78 is 12.4. The van der Waals surface area contributed by atoms with E-state index in [-0.39, 0.29) is 0 Å². The average Bonchev–Trinajstić information content (AvgIpc) is 2.98. The van der Waals surface area contributed by atoms with E-state index in [1.807, 2.05) is 48.0 Å². The molecule has 2 aromatic heterocycles. The van der Waals surface area contributed by atoms with Crippen LogP contribution in [0.25, 0.3) is 16.8 Å². The fraction of sp³-hybridized carbons (Fsp3) is 0.294. The molecule has 0 aliphatic heterocycles. The molecule has 0 saturated heterocycles. The standard InChI is InChI=1S/C17H20N4O2/c1-12-10-16(18-8-9-22-2)21-17(20-12)14(11-19-21)13-6-4-5-7-15(13)23-3/h4-7,10-11,18H,8-9H2,1-3H3. The van der Waals surface area contributed by atoms with Crippen molar-refractivity contribution >= 4 is 11.5 Å². The topological polar surface area (TPSA) is 60.7 Å². The van der Waals surface area contributed by atoms with Crippen LogP contribution in [0.1, 0.15) is 5.69 Å². The molecule has 0 atom stereocenters. The van der Waals surface area contributed by atoms with Gasteiger partial charge in [0, 0.05) is 31.0 Å². The number of nitrogens with one attached hydrogen (secondary N) is 1. The monoisotopic (exact) mass is 312 g/mol. The van der Waals surface area contributed by atoms with E-state index in [2.05, 4.69) is 15.4 Å². The van der Waals surface area contributed by atoms with Gasteiger partial charge in [-0.1, -0.05) is 18.2 Å². The highest BCUT2D eigenvalue weighted by molar-refractivity contribution is 5.82. The lowest BCUT2D eigenvalue weighted by atomic mass is 10.1. The Morgan fingerprint density at radius 1 is 1.17 bits per heavy atom. The van der Waals surface area contributed by atoms with Crippen LogP contribution >= 0.6 is 0 Å². The maximum Gasteiger partial charge on any atom is 0.165 e. The predicted molar refractivity (Wildman–Crippen MR) is 90.1 cm³/mol. The molecule has 0 aliphatic rings. The molecule has 6 nitrogen and oxygen atoms in total. The van der Waals surface area contributed by atoms with Gasteiger partial charge in [-0.05, 0) is 13.0 Å². The first-order chi connectivity index (χ1) is 11.2. The second kappa shape index (κ2) is 6.66. The zero-order valence-corrected chi connectivity index (χ0v) is 13.5. The van der Waals surface area contributed by atoms with E-state index in [4.69, 9.17) is 9.47 Å². The summed E-state index contributed by atoms with van der Waals surface area (Å²) in [7, 11) is 3.35. The third-order valence-electron chi connectivity index (χ3n) is 3.61. The minimum absolute atomic E-state index is 0.628. The molecule has 120 valence electrons. The number of aryl methyl sites for hydroxylation is 1. The molecule has 3 rings (SSSR count). The normalized spacial score (nSPS) is 10.9. The lowest BCUT2D eigenvalue weighted by Crippen LogP contribution is -2.11. The summed E-state index contributed by atoms with van der Waals surface area (Å²) in [5.41, 5.74) is 3.65. The number of fused-ring (bicyclic) bond motifs is 1. The second-order valence-corrected chi connectivity index (χ2v) is 5.20. The Morgan fingerprint density at radius 2 is 2.00 bits per heavy atom. The van der Waals surface area contributed by atoms with Gasteiger partial charge < -0.3 is 14.8 Å². The van der Waals surface area contributed by atoms with Crippen LogP contribution < -0.4 is 10.1 Å². The second-order valence-electron chi connectivity index (χ2n) is 5.20. The highest BCUT2D eigenvalue weighted by atomic mass is 16.5. The molecule has 3 aromatic rings. The van der Waals surface area contributed by atoms with Crippen molar-refractivity contribution in [3.63, 3.8) is 0 Å². The molecule has 1 aromatic carbocycles. The zero-order chi connectivity index (χ0) is 16.2. The maximum absolute atomic E-state index is 5.46. The van der Waals surface area contributed by atoms with Gasteiger partial charge in [-0.3, -0.25) is 0 Å². The fourth-order valence-electron chi connectivity index (χ4n) is 2.55. The number of ether oxygens (including phenoxy) is 2. The average molecular weight is 312 g/mol. The van der Waals surface area contributed by atoms with Crippen molar-refractivity contribution in [3.8, 4) is 16.9 Å². The van der Waals surface area contributed by atoms with Crippen molar-refractivity contribution in [2.75, 3.05) is 32.7 Å². The molecule has 0 amide bonds. The number of hydrogen-bond acceptors (Lipinski definition) is 5. The number of hydrogen-bond donors (Lipinski definition) is 1. The Morgan fingerprint density at radius 3 is 2.78 bits per heavy atom. The third kappa shape index (κ3) is 2.98. The van der Waals surface area contributed by atoms with Gasteiger partial charge in [0.25, 0.3) is 0 Å². The SMILES string of the molecule is COCCNc1cc(C)nc2c(-c3ccccc3OC)cnn12. The van der Waals surface area contributed by atoms with Gasteiger partial charge in [0.2, 0.25) is 0 Å². The van der Waals surface area contributed by atoms with E-state index in [1.54, 1.807) is 14.2 Å². The number of nitrogens with zero attached hydrogens (tertiary/aromatic N) is 3. The van der Waals surface area contributed by atoms with Gasteiger partial charge in [-0.2, -0.15) is 9.61 Å². The van der Waals surface area contributed by atoms with Crippen molar-refractivity contribution in [1.82, 2.24) is 14.6 Å². The quantitative estimate of drug-likeness (QED) is 0.709. The lowest BCUT2D eigenvalue weighted by molar-refractivity contribution is 0.210. The van der Waals surface area contributed by atoms with E-state index in [9.17, 15) is 0 Å². The number of para-hydroxylation sites is 1. The molecule has 2 heterocycles. The number of aromatic nitrogens is 3. The summed E-state index contributed by atoms with van der Waals surface area (Å²) in [6, 6.07) is 9.85. The Bertz CT molecular complexity index is 813. The summed E-state index contributed by atoms with van der Waals surface area (Å²) in [6.45, 7) is 3.31. The number of benzene rings is 1. The lowest BCUT2D eigenvalue weighted by Gasteiger charge is -2.10. The molecule has 1 N–H and O–H groups in total. The molecule has 0 fully saturated rings. The number of rotatable bonds is 6. The molecule has 23 heavy (non-hydrogen) atoms. The Kier molecular flexibility index (Phi) is 4.43. The predicted octanol–water partition coefficient (Wildman–Crippen LogP) is 2.77. The van der Waals surface area contributed by atoms with E-state index in [0.717, 1.165) is 34.0 Å². The molecule has 0 radical (unpaired) electrons. The van der Waals surface area contributed by atoms with Crippen LogP contribution in [0.15, 0.2) is 36.5 Å². The van der Waals surface area contributed by atoms with Crippen LogP contribution in [-0.4, -0.2) is 42.0 Å². The summed E-state index contributed by atoms with van der Waals surface area (Å²) in [4.78, 5) is 4.65. The van der Waals surface area contributed by atoms with Crippen molar-refractivity contribution < 1.29 is 9.47 Å².